The summed E-state index contributed by atoms with van der Waals surface area (Å²) in [6.45, 7) is 0. The highest BCUT2D eigenvalue weighted by Crippen LogP contribution is 2.59. The second-order valence-electron chi connectivity index (χ2n) is 14.2. The van der Waals surface area contributed by atoms with Gasteiger partial charge < -0.3 is 14.2 Å². The summed E-state index contributed by atoms with van der Waals surface area (Å²) < 4.78 is 9.53. The lowest BCUT2D eigenvalue weighted by Gasteiger charge is -2.35. The van der Waals surface area contributed by atoms with Crippen LogP contribution in [-0.4, -0.2) is 14.5 Å². The van der Waals surface area contributed by atoms with Gasteiger partial charge in [0.2, 0.25) is 5.89 Å². The van der Waals surface area contributed by atoms with Crippen LogP contribution in [0.25, 0.3) is 50.7 Å². The number of benzene rings is 8. The number of oxazole rings is 1. The maximum Gasteiger partial charge on any atom is 0.227 e. The highest BCUT2D eigenvalue weighted by molar-refractivity contribution is 8.00. The fraction of sp³-hybridized carbons (Fsp3) is 0. The van der Waals surface area contributed by atoms with Gasteiger partial charge in [0.05, 0.1) is 22.7 Å². The predicted octanol–water partition coefficient (Wildman–Crippen LogP) is 14.4. The molecule has 2 aliphatic rings. The van der Waals surface area contributed by atoms with E-state index >= 15 is 0 Å². The second kappa shape index (κ2) is 13.3. The lowest BCUT2D eigenvalue weighted by molar-refractivity contribution is 0.620. The monoisotopic (exact) mass is 781 g/mol. The van der Waals surface area contributed by atoms with E-state index in [2.05, 4.69) is 184 Å². The number of fused-ring (bicyclic) bond motifs is 6. The summed E-state index contributed by atoms with van der Waals surface area (Å²) >= 11 is 3.57. The van der Waals surface area contributed by atoms with Crippen LogP contribution in [0.15, 0.2) is 212 Å². The Balaban J connectivity index is 1.33. The Hall–Kier alpha value is -7.00. The number of aromatic nitrogens is 3. The topological polar surface area (TPSA) is 50.3 Å². The first kappa shape index (κ1) is 33.2. The summed E-state index contributed by atoms with van der Waals surface area (Å²) in [5.41, 5.74) is 12.0. The molecule has 0 radical (unpaired) electrons. The third-order valence-electron chi connectivity index (χ3n) is 10.8. The number of nitrogens with zero attached hydrogens (tertiary/aromatic N) is 5. The summed E-state index contributed by atoms with van der Waals surface area (Å²) in [4.78, 5) is 20.7. The molecule has 0 N–H and O–H groups in total. The fourth-order valence-corrected chi connectivity index (χ4v) is 10.4. The molecule has 0 bridgehead atoms. The van der Waals surface area contributed by atoms with Crippen molar-refractivity contribution in [3.05, 3.63) is 188 Å². The lowest BCUT2D eigenvalue weighted by Crippen LogP contribution is -2.18. The number of anilines is 6. The number of hydrogen-bond donors (Lipinski definition) is 0. The molecule has 0 saturated heterocycles. The molecule has 8 heteroatoms. The number of rotatable bonds is 5. The van der Waals surface area contributed by atoms with E-state index in [-0.39, 0.29) is 0 Å². The summed E-state index contributed by atoms with van der Waals surface area (Å²) in [5, 5.41) is 0. The van der Waals surface area contributed by atoms with Gasteiger partial charge in [0, 0.05) is 36.4 Å². The Bertz CT molecular complexity index is 3110. The van der Waals surface area contributed by atoms with Crippen molar-refractivity contribution >= 4 is 79.8 Å². The highest BCUT2D eigenvalue weighted by atomic mass is 32.2. The molecule has 2 aliphatic heterocycles. The van der Waals surface area contributed by atoms with Crippen molar-refractivity contribution in [2.75, 3.05) is 9.80 Å². The maximum atomic E-state index is 7.20. The zero-order chi connectivity index (χ0) is 38.2. The molecule has 0 unspecified atom stereocenters. The van der Waals surface area contributed by atoms with Crippen molar-refractivity contribution in [2.24, 2.45) is 0 Å². The van der Waals surface area contributed by atoms with E-state index in [4.69, 9.17) is 14.4 Å². The quantitative estimate of drug-likeness (QED) is 0.172. The van der Waals surface area contributed by atoms with Crippen LogP contribution in [0.5, 0.6) is 0 Å². The Labute approximate surface area is 343 Å². The van der Waals surface area contributed by atoms with E-state index in [0.29, 0.717) is 11.5 Å². The highest BCUT2D eigenvalue weighted by Gasteiger charge is 2.37. The van der Waals surface area contributed by atoms with Gasteiger partial charge in [-0.15, -0.1) is 0 Å². The average Bonchev–Trinajstić information content (AvgIpc) is 3.91. The molecule has 274 valence electrons. The summed E-state index contributed by atoms with van der Waals surface area (Å²) in [5.74, 6) is 1.36. The third-order valence-corrected chi connectivity index (χ3v) is 13.0. The molecular weight excluding hydrogens is 751 g/mol. The molecule has 0 amide bonds. The number of hydrogen-bond acceptors (Lipinski definition) is 7. The Morgan fingerprint density at radius 3 is 1.34 bits per heavy atom. The SMILES string of the molecule is c1ccc(-c2nc3c(N4c5ccccc5Sc5ccccc54)c4c(nc(-c5ccccc5)n4-c4ccccc4)c(N4c5ccccc5Sc5ccccc54)c3o2)cc1. The van der Waals surface area contributed by atoms with Gasteiger partial charge in [0.15, 0.2) is 5.58 Å². The van der Waals surface area contributed by atoms with Crippen LogP contribution in [-0.2, 0) is 0 Å². The van der Waals surface area contributed by atoms with E-state index in [1.807, 2.05) is 18.2 Å². The summed E-state index contributed by atoms with van der Waals surface area (Å²) in [6.07, 6.45) is 0. The van der Waals surface area contributed by atoms with Crippen LogP contribution in [0.1, 0.15) is 0 Å². The van der Waals surface area contributed by atoms with Gasteiger partial charge in [-0.2, -0.15) is 0 Å². The molecule has 8 aromatic carbocycles. The van der Waals surface area contributed by atoms with Gasteiger partial charge in [-0.05, 0) is 72.8 Å². The van der Waals surface area contributed by atoms with Crippen LogP contribution in [0.2, 0.25) is 0 Å². The molecule has 6 nitrogen and oxygen atoms in total. The van der Waals surface area contributed by atoms with Gasteiger partial charge in [0.1, 0.15) is 33.7 Å². The standard InChI is InChI=1S/C50H31N5OS2/c1-4-18-32(19-5-1)49-51-43-45(53(49)34-22-8-3-9-23-34)46(54-35-24-10-14-28-39(35)57-40-29-15-11-25-36(40)54)44-48(56-50(52-44)33-20-6-2-7-21-33)47(43)55-37-26-12-16-30-41(37)58-42-31-17-13-27-38(42)55/h1-31H. The van der Waals surface area contributed by atoms with Gasteiger partial charge in [-0.25, -0.2) is 9.97 Å². The van der Waals surface area contributed by atoms with Gasteiger partial charge >= 0.3 is 0 Å². The molecule has 0 saturated carbocycles. The van der Waals surface area contributed by atoms with Crippen molar-refractivity contribution in [3.8, 4) is 28.5 Å². The molecule has 58 heavy (non-hydrogen) atoms. The number of para-hydroxylation sites is 5. The Morgan fingerprint density at radius 1 is 0.397 bits per heavy atom. The van der Waals surface area contributed by atoms with Crippen LogP contribution >= 0.6 is 23.5 Å². The first-order valence-electron chi connectivity index (χ1n) is 19.2. The molecule has 0 atom stereocenters. The first-order valence-corrected chi connectivity index (χ1v) is 20.8. The van der Waals surface area contributed by atoms with Crippen LogP contribution < -0.4 is 9.80 Å². The minimum Gasteiger partial charge on any atom is -0.434 e. The summed E-state index contributed by atoms with van der Waals surface area (Å²) in [7, 11) is 0. The summed E-state index contributed by atoms with van der Waals surface area (Å²) in [6, 6.07) is 65.7. The second-order valence-corrected chi connectivity index (χ2v) is 16.3. The van der Waals surface area contributed by atoms with Crippen molar-refractivity contribution in [3.63, 3.8) is 0 Å². The zero-order valence-electron chi connectivity index (χ0n) is 30.9. The third kappa shape index (κ3) is 5.09. The Kier molecular flexibility index (Phi) is 7.61. The van der Waals surface area contributed by atoms with E-state index in [0.717, 1.165) is 92.9 Å². The molecular formula is C50H31N5OS2. The minimum absolute atomic E-state index is 0.543. The van der Waals surface area contributed by atoms with Crippen LogP contribution in [0, 0.1) is 0 Å². The predicted molar refractivity (Wildman–Crippen MR) is 237 cm³/mol. The van der Waals surface area contributed by atoms with E-state index in [9.17, 15) is 0 Å². The van der Waals surface area contributed by atoms with Crippen molar-refractivity contribution in [1.29, 1.82) is 0 Å². The molecule has 0 fully saturated rings. The van der Waals surface area contributed by atoms with Crippen molar-refractivity contribution in [1.82, 2.24) is 14.5 Å². The smallest absolute Gasteiger partial charge is 0.227 e. The zero-order valence-corrected chi connectivity index (χ0v) is 32.5. The normalized spacial score (nSPS) is 13.0. The van der Waals surface area contributed by atoms with Gasteiger partial charge in [0.25, 0.3) is 0 Å². The molecule has 4 heterocycles. The average molecular weight is 782 g/mol. The van der Waals surface area contributed by atoms with Crippen LogP contribution in [0.4, 0.5) is 34.1 Å². The molecule has 12 rings (SSSR count). The van der Waals surface area contributed by atoms with E-state index < -0.39 is 0 Å². The fourth-order valence-electron chi connectivity index (χ4n) is 8.29. The maximum absolute atomic E-state index is 7.20. The molecule has 10 aromatic rings. The number of imidazole rings is 1. The Morgan fingerprint density at radius 2 is 0.828 bits per heavy atom. The van der Waals surface area contributed by atoms with Crippen LogP contribution in [0.3, 0.4) is 0 Å². The van der Waals surface area contributed by atoms with E-state index in [1.54, 1.807) is 23.5 Å². The largest absolute Gasteiger partial charge is 0.434 e. The van der Waals surface area contributed by atoms with Gasteiger partial charge in [-0.1, -0.05) is 139 Å². The van der Waals surface area contributed by atoms with Gasteiger partial charge in [-0.3, -0.25) is 4.57 Å². The molecule has 0 aliphatic carbocycles. The first-order chi connectivity index (χ1) is 28.8. The molecule has 0 spiro atoms. The minimum atomic E-state index is 0.543. The molecule has 2 aromatic heterocycles. The van der Waals surface area contributed by atoms with E-state index in [1.165, 1.54) is 0 Å². The van der Waals surface area contributed by atoms with Crippen molar-refractivity contribution < 1.29 is 4.42 Å². The van der Waals surface area contributed by atoms with Crippen molar-refractivity contribution in [2.45, 2.75) is 19.6 Å². The lowest BCUT2D eigenvalue weighted by atomic mass is 10.1.